The third-order valence-electron chi connectivity index (χ3n) is 4.75. The van der Waals surface area contributed by atoms with Crippen LogP contribution in [0.1, 0.15) is 43.8 Å². The summed E-state index contributed by atoms with van der Waals surface area (Å²) in [5.74, 6) is 1.69. The Morgan fingerprint density at radius 3 is 2.96 bits per heavy atom. The zero-order chi connectivity index (χ0) is 16.8. The lowest BCUT2D eigenvalue weighted by molar-refractivity contribution is -0.112. The summed E-state index contributed by atoms with van der Waals surface area (Å²) in [4.78, 5) is 17.2. The Bertz CT molecular complexity index is 997. The van der Waals surface area contributed by atoms with Crippen molar-refractivity contribution in [2.75, 3.05) is 5.32 Å². The number of anilines is 1. The van der Waals surface area contributed by atoms with Crippen LogP contribution in [0, 0.1) is 0 Å². The first-order chi connectivity index (χ1) is 12.3. The van der Waals surface area contributed by atoms with Crippen LogP contribution >= 0.6 is 11.3 Å². The Hall–Kier alpha value is -2.47. The van der Waals surface area contributed by atoms with Gasteiger partial charge in [-0.1, -0.05) is 29.4 Å². The van der Waals surface area contributed by atoms with Gasteiger partial charge in [-0.15, -0.1) is 11.3 Å². The molecule has 2 aromatic heterocycles. The average Bonchev–Trinajstić information content (AvgIpc) is 3.05. The van der Waals surface area contributed by atoms with Crippen molar-refractivity contribution in [2.24, 2.45) is 0 Å². The minimum atomic E-state index is -0.0211. The highest BCUT2D eigenvalue weighted by Gasteiger charge is 2.30. The molecule has 1 amide bonds. The Morgan fingerprint density at radius 2 is 2.16 bits per heavy atom. The molecule has 1 aromatic carbocycles. The van der Waals surface area contributed by atoms with Crippen LogP contribution < -0.4 is 5.32 Å². The van der Waals surface area contributed by atoms with Gasteiger partial charge >= 0.3 is 0 Å². The number of rotatable bonds is 4. The van der Waals surface area contributed by atoms with Gasteiger partial charge < -0.3 is 9.84 Å². The summed E-state index contributed by atoms with van der Waals surface area (Å²) in [6.07, 6.45) is 7.16. The van der Waals surface area contributed by atoms with Crippen molar-refractivity contribution in [2.45, 2.75) is 38.0 Å². The lowest BCUT2D eigenvalue weighted by atomic mass is 10.1. The summed E-state index contributed by atoms with van der Waals surface area (Å²) in [7, 11) is 0. The molecule has 1 N–H and O–H groups in total. The first-order valence-electron chi connectivity index (χ1n) is 8.65. The SMILES string of the molecule is O=C(Nc1sc2ccccc2c1-c1nc(C2CC2)no1)C1=CCCC1. The van der Waals surface area contributed by atoms with Crippen LogP contribution in [0.15, 0.2) is 40.4 Å². The van der Waals surface area contributed by atoms with E-state index in [1.165, 1.54) is 0 Å². The van der Waals surface area contributed by atoms with Gasteiger partial charge in [0.1, 0.15) is 5.00 Å². The Balaban J connectivity index is 1.58. The number of carbonyl (C=O) groups excluding carboxylic acids is 1. The number of fused-ring (bicyclic) bond motifs is 1. The number of allylic oxidation sites excluding steroid dienone is 1. The highest BCUT2D eigenvalue weighted by atomic mass is 32.1. The third-order valence-corrected chi connectivity index (χ3v) is 5.84. The van der Waals surface area contributed by atoms with E-state index in [1.807, 2.05) is 30.3 Å². The van der Waals surface area contributed by atoms with E-state index in [0.717, 1.165) is 64.2 Å². The van der Waals surface area contributed by atoms with Gasteiger partial charge in [0.05, 0.1) is 5.56 Å². The van der Waals surface area contributed by atoms with E-state index in [-0.39, 0.29) is 5.91 Å². The van der Waals surface area contributed by atoms with E-state index < -0.39 is 0 Å². The number of carbonyl (C=O) groups is 1. The fourth-order valence-electron chi connectivity index (χ4n) is 3.25. The summed E-state index contributed by atoms with van der Waals surface area (Å²) >= 11 is 1.55. The van der Waals surface area contributed by atoms with Crippen molar-refractivity contribution in [3.63, 3.8) is 0 Å². The van der Waals surface area contributed by atoms with Crippen LogP contribution in [0.5, 0.6) is 0 Å². The van der Waals surface area contributed by atoms with Gasteiger partial charge in [-0.05, 0) is 38.2 Å². The average molecular weight is 351 g/mol. The molecule has 25 heavy (non-hydrogen) atoms. The molecule has 3 aromatic rings. The van der Waals surface area contributed by atoms with E-state index in [9.17, 15) is 4.79 Å². The quantitative estimate of drug-likeness (QED) is 0.727. The second-order valence-electron chi connectivity index (χ2n) is 6.61. The van der Waals surface area contributed by atoms with E-state index in [2.05, 4.69) is 15.5 Å². The fraction of sp³-hybridized carbons (Fsp3) is 0.316. The molecule has 0 aliphatic heterocycles. The molecule has 0 spiro atoms. The molecule has 5 nitrogen and oxygen atoms in total. The second kappa shape index (κ2) is 5.81. The van der Waals surface area contributed by atoms with Gasteiger partial charge in [0.15, 0.2) is 5.82 Å². The maximum Gasteiger partial charge on any atom is 0.261 e. The minimum absolute atomic E-state index is 0.0211. The molecule has 2 aliphatic rings. The van der Waals surface area contributed by atoms with Crippen molar-refractivity contribution < 1.29 is 9.32 Å². The van der Waals surface area contributed by atoms with Crippen LogP contribution in [-0.4, -0.2) is 16.0 Å². The highest BCUT2D eigenvalue weighted by molar-refractivity contribution is 7.23. The summed E-state index contributed by atoms with van der Waals surface area (Å²) in [5.41, 5.74) is 1.71. The van der Waals surface area contributed by atoms with Crippen molar-refractivity contribution in [3.8, 4) is 11.5 Å². The van der Waals surface area contributed by atoms with Crippen LogP contribution in [0.3, 0.4) is 0 Å². The number of nitrogens with zero attached hydrogens (tertiary/aromatic N) is 2. The fourth-order valence-corrected chi connectivity index (χ4v) is 4.34. The Morgan fingerprint density at radius 1 is 1.28 bits per heavy atom. The smallest absolute Gasteiger partial charge is 0.261 e. The zero-order valence-electron chi connectivity index (χ0n) is 13.6. The summed E-state index contributed by atoms with van der Waals surface area (Å²) < 4.78 is 6.64. The number of benzene rings is 1. The third kappa shape index (κ3) is 2.66. The van der Waals surface area contributed by atoms with Crippen molar-refractivity contribution in [1.82, 2.24) is 10.1 Å². The first kappa shape index (κ1) is 14.8. The van der Waals surface area contributed by atoms with Gasteiger partial charge in [0.2, 0.25) is 0 Å². The van der Waals surface area contributed by atoms with E-state index in [1.54, 1.807) is 11.3 Å². The number of thiophene rings is 1. The minimum Gasteiger partial charge on any atom is -0.334 e. The van der Waals surface area contributed by atoms with Gasteiger partial charge in [0, 0.05) is 21.6 Å². The van der Waals surface area contributed by atoms with Gasteiger partial charge in [-0.3, -0.25) is 4.79 Å². The molecule has 126 valence electrons. The zero-order valence-corrected chi connectivity index (χ0v) is 14.4. The van der Waals surface area contributed by atoms with Gasteiger partial charge in [-0.25, -0.2) is 0 Å². The first-order valence-corrected chi connectivity index (χ1v) is 9.47. The van der Waals surface area contributed by atoms with Gasteiger partial charge in [0.25, 0.3) is 11.8 Å². The molecule has 5 rings (SSSR count). The molecular weight excluding hydrogens is 334 g/mol. The van der Waals surface area contributed by atoms with Crippen LogP contribution in [0.2, 0.25) is 0 Å². The lowest BCUT2D eigenvalue weighted by Crippen LogP contribution is -2.12. The number of nitrogens with one attached hydrogen (secondary N) is 1. The molecule has 0 radical (unpaired) electrons. The molecule has 0 bridgehead atoms. The predicted molar refractivity (Wildman–Crippen MR) is 97.7 cm³/mol. The summed E-state index contributed by atoms with van der Waals surface area (Å²) in [5, 5.41) is 9.03. The molecule has 0 unspecified atom stereocenters. The van der Waals surface area contributed by atoms with E-state index in [4.69, 9.17) is 4.52 Å². The Kier molecular flexibility index (Phi) is 3.45. The summed E-state index contributed by atoms with van der Waals surface area (Å²) in [6, 6.07) is 8.07. The molecule has 2 heterocycles. The number of hydrogen-bond acceptors (Lipinski definition) is 5. The highest BCUT2D eigenvalue weighted by Crippen LogP contribution is 2.44. The molecule has 1 saturated carbocycles. The largest absolute Gasteiger partial charge is 0.334 e. The lowest BCUT2D eigenvalue weighted by Gasteiger charge is -2.05. The summed E-state index contributed by atoms with van der Waals surface area (Å²) in [6.45, 7) is 0. The second-order valence-corrected chi connectivity index (χ2v) is 7.66. The number of aromatic nitrogens is 2. The maximum absolute atomic E-state index is 12.6. The van der Waals surface area contributed by atoms with E-state index >= 15 is 0 Å². The van der Waals surface area contributed by atoms with E-state index in [0.29, 0.717) is 11.8 Å². The van der Waals surface area contributed by atoms with Crippen molar-refractivity contribution in [3.05, 3.63) is 41.7 Å². The Labute approximate surface area is 148 Å². The molecule has 6 heteroatoms. The van der Waals surface area contributed by atoms with Crippen LogP contribution in [-0.2, 0) is 4.79 Å². The molecule has 1 fully saturated rings. The molecule has 0 saturated heterocycles. The maximum atomic E-state index is 12.6. The van der Waals surface area contributed by atoms with Crippen LogP contribution in [0.4, 0.5) is 5.00 Å². The van der Waals surface area contributed by atoms with Crippen molar-refractivity contribution >= 4 is 32.3 Å². The molecule has 2 aliphatic carbocycles. The number of hydrogen-bond donors (Lipinski definition) is 1. The van der Waals surface area contributed by atoms with Gasteiger partial charge in [-0.2, -0.15) is 4.98 Å². The van der Waals surface area contributed by atoms with Crippen LogP contribution in [0.25, 0.3) is 21.5 Å². The monoisotopic (exact) mass is 351 g/mol. The van der Waals surface area contributed by atoms with Crippen molar-refractivity contribution in [1.29, 1.82) is 0 Å². The topological polar surface area (TPSA) is 68.0 Å². The molecular formula is C19H17N3O2S. The normalized spacial score (nSPS) is 17.0. The predicted octanol–water partition coefficient (Wildman–Crippen LogP) is 4.88. The standard InChI is InChI=1S/C19H17N3O2S/c23-17(12-5-1-2-6-12)21-19-15(13-7-3-4-8-14(13)25-19)18-20-16(22-24-18)11-9-10-11/h3-5,7-8,11H,1-2,6,9-10H2,(H,21,23). The molecule has 0 atom stereocenters. The number of amides is 1.